The molecule has 2 N–H and O–H groups in total. The van der Waals surface area contributed by atoms with Gasteiger partial charge in [-0.3, -0.25) is 24.1 Å². The lowest BCUT2D eigenvalue weighted by molar-refractivity contribution is -0.144. The van der Waals surface area contributed by atoms with Crippen LogP contribution in [0.4, 0.5) is 14.9 Å². The molecule has 1 aromatic carbocycles. The molecule has 1 heterocycles. The third-order valence-corrected chi connectivity index (χ3v) is 3.56. The molecule has 1 aliphatic heterocycles. The van der Waals surface area contributed by atoms with Gasteiger partial charge in [-0.15, -0.1) is 0 Å². The first kappa shape index (κ1) is 20.0. The van der Waals surface area contributed by atoms with Gasteiger partial charge >= 0.3 is 17.8 Å². The molecule has 144 valence electrons. The van der Waals surface area contributed by atoms with Crippen LogP contribution in [0.3, 0.4) is 0 Å². The van der Waals surface area contributed by atoms with Gasteiger partial charge in [0.15, 0.2) is 0 Å². The Morgan fingerprint density at radius 1 is 1.00 bits per heavy atom. The van der Waals surface area contributed by atoms with Crippen molar-refractivity contribution in [3.63, 3.8) is 0 Å². The number of hydrogen-bond donors (Lipinski definition) is 2. The molecule has 0 unspecified atom stereocenters. The van der Waals surface area contributed by atoms with Crippen LogP contribution in [0.2, 0.25) is 0 Å². The van der Waals surface area contributed by atoms with Gasteiger partial charge < -0.3 is 10.6 Å². The van der Waals surface area contributed by atoms with E-state index in [1.807, 2.05) is 0 Å². The summed E-state index contributed by atoms with van der Waals surface area (Å²) in [4.78, 5) is 60.8. The lowest BCUT2D eigenvalue weighted by Crippen LogP contribution is -2.43. The maximum atomic E-state index is 12.8. The summed E-state index contributed by atoms with van der Waals surface area (Å²) < 4.78 is 12.8. The number of amides is 6. The van der Waals surface area contributed by atoms with Crippen LogP contribution in [-0.2, 0) is 19.2 Å². The number of nitrogens with zero attached hydrogens (tertiary/aromatic N) is 2. The Morgan fingerprint density at radius 2 is 1.59 bits per heavy atom. The number of nitrogens with one attached hydrogen (secondary N) is 2. The second kappa shape index (κ2) is 8.39. The van der Waals surface area contributed by atoms with E-state index < -0.39 is 48.6 Å². The fraction of sp³-hybridized carbons (Fsp3) is 0.353. The normalized spacial score (nSPS) is 14.1. The summed E-state index contributed by atoms with van der Waals surface area (Å²) in [6.45, 7) is 2.54. The number of halogens is 1. The Labute approximate surface area is 154 Å². The van der Waals surface area contributed by atoms with Crippen LogP contribution in [0.25, 0.3) is 0 Å². The second-order valence-corrected chi connectivity index (χ2v) is 6.32. The van der Waals surface area contributed by atoms with Gasteiger partial charge in [0.05, 0.1) is 6.54 Å². The monoisotopic (exact) mass is 378 g/mol. The van der Waals surface area contributed by atoms with E-state index in [9.17, 15) is 28.4 Å². The van der Waals surface area contributed by atoms with E-state index in [4.69, 9.17) is 0 Å². The van der Waals surface area contributed by atoms with Crippen LogP contribution in [0, 0.1) is 11.7 Å². The highest BCUT2D eigenvalue weighted by molar-refractivity contribution is 6.45. The molecule has 0 spiro atoms. The molecule has 1 saturated heterocycles. The summed E-state index contributed by atoms with van der Waals surface area (Å²) in [6.07, 6.45) is 0. The predicted octanol–water partition coefficient (Wildman–Crippen LogP) is 0.327. The van der Waals surface area contributed by atoms with Crippen LogP contribution < -0.4 is 10.6 Å². The quantitative estimate of drug-likeness (QED) is 0.524. The molecule has 0 radical (unpaired) electrons. The molecule has 27 heavy (non-hydrogen) atoms. The van der Waals surface area contributed by atoms with Gasteiger partial charge in [0.2, 0.25) is 11.8 Å². The highest BCUT2D eigenvalue weighted by Gasteiger charge is 2.45. The van der Waals surface area contributed by atoms with E-state index in [1.165, 1.54) is 24.3 Å². The number of imide groups is 2. The highest BCUT2D eigenvalue weighted by atomic mass is 19.1. The van der Waals surface area contributed by atoms with Crippen molar-refractivity contribution < 1.29 is 28.4 Å². The fourth-order valence-electron chi connectivity index (χ4n) is 2.33. The van der Waals surface area contributed by atoms with E-state index in [1.54, 1.807) is 13.8 Å². The number of urea groups is 1. The van der Waals surface area contributed by atoms with Crippen LogP contribution in [0.15, 0.2) is 24.3 Å². The number of carbonyl (C=O) groups excluding carboxylic acids is 5. The fourth-order valence-corrected chi connectivity index (χ4v) is 2.33. The van der Waals surface area contributed by atoms with E-state index in [-0.39, 0.29) is 12.5 Å². The maximum absolute atomic E-state index is 12.8. The molecule has 0 aromatic heterocycles. The first-order valence-electron chi connectivity index (χ1n) is 8.18. The van der Waals surface area contributed by atoms with Crippen LogP contribution in [0.5, 0.6) is 0 Å². The molecule has 6 amide bonds. The van der Waals surface area contributed by atoms with Crippen LogP contribution in [-0.4, -0.2) is 59.1 Å². The number of benzene rings is 1. The van der Waals surface area contributed by atoms with Crippen LogP contribution in [0.1, 0.15) is 13.8 Å². The third kappa shape index (κ3) is 5.09. The average molecular weight is 378 g/mol. The molecule has 0 aliphatic carbocycles. The van der Waals surface area contributed by atoms with E-state index in [2.05, 4.69) is 10.6 Å². The van der Waals surface area contributed by atoms with E-state index in [0.29, 0.717) is 10.6 Å². The Hall–Kier alpha value is -3.30. The van der Waals surface area contributed by atoms with E-state index >= 15 is 0 Å². The molecular weight excluding hydrogens is 359 g/mol. The number of rotatable bonds is 7. The zero-order chi connectivity index (χ0) is 20.1. The van der Waals surface area contributed by atoms with Crippen molar-refractivity contribution in [2.24, 2.45) is 5.92 Å². The van der Waals surface area contributed by atoms with E-state index in [0.717, 1.165) is 4.90 Å². The smallest absolute Gasteiger partial charge is 0.334 e. The Kier molecular flexibility index (Phi) is 6.22. The summed E-state index contributed by atoms with van der Waals surface area (Å²) in [7, 11) is 0. The topological polar surface area (TPSA) is 116 Å². The standard InChI is InChI=1S/C17H19FN4O5/c1-10(2)8-21-15(25)16(26)22(17(21)27)9-14(24)19-7-13(23)20-12-5-3-11(18)4-6-12/h3-6,10H,7-9H2,1-2H3,(H,19,24)(H,20,23). The molecule has 9 nitrogen and oxygen atoms in total. The van der Waals surface area contributed by atoms with Crippen molar-refractivity contribution in [2.75, 3.05) is 25.0 Å². The largest absolute Gasteiger partial charge is 0.345 e. The zero-order valence-electron chi connectivity index (χ0n) is 14.8. The molecule has 1 aliphatic rings. The zero-order valence-corrected chi connectivity index (χ0v) is 14.8. The number of carbonyl (C=O) groups is 5. The van der Waals surface area contributed by atoms with Crippen molar-refractivity contribution >= 4 is 35.3 Å². The van der Waals surface area contributed by atoms with Crippen molar-refractivity contribution in [1.82, 2.24) is 15.1 Å². The minimum absolute atomic E-state index is 0.0327. The molecule has 10 heteroatoms. The maximum Gasteiger partial charge on any atom is 0.334 e. The highest BCUT2D eigenvalue weighted by Crippen LogP contribution is 2.13. The first-order valence-corrected chi connectivity index (χ1v) is 8.18. The summed E-state index contributed by atoms with van der Waals surface area (Å²) in [5.74, 6) is -3.89. The van der Waals surface area contributed by atoms with Crippen molar-refractivity contribution in [3.8, 4) is 0 Å². The minimum Gasteiger partial charge on any atom is -0.345 e. The molecule has 1 aromatic rings. The van der Waals surface area contributed by atoms with Gasteiger partial charge in [0, 0.05) is 12.2 Å². The Balaban J connectivity index is 1.85. The summed E-state index contributed by atoms with van der Waals surface area (Å²) >= 11 is 0. The Morgan fingerprint density at radius 3 is 2.19 bits per heavy atom. The van der Waals surface area contributed by atoms with Crippen molar-refractivity contribution in [3.05, 3.63) is 30.1 Å². The van der Waals surface area contributed by atoms with Crippen molar-refractivity contribution in [1.29, 1.82) is 0 Å². The van der Waals surface area contributed by atoms with Gasteiger partial charge in [-0.05, 0) is 30.2 Å². The third-order valence-electron chi connectivity index (χ3n) is 3.56. The average Bonchev–Trinajstić information content (AvgIpc) is 2.80. The van der Waals surface area contributed by atoms with Gasteiger partial charge in [-0.2, -0.15) is 0 Å². The molecule has 1 fully saturated rings. The van der Waals surface area contributed by atoms with Crippen molar-refractivity contribution in [2.45, 2.75) is 13.8 Å². The van der Waals surface area contributed by atoms with Crippen LogP contribution >= 0.6 is 0 Å². The SMILES string of the molecule is CC(C)CN1C(=O)C(=O)N(CC(=O)NCC(=O)Nc2ccc(F)cc2)C1=O. The number of hydrogen-bond acceptors (Lipinski definition) is 5. The lowest BCUT2D eigenvalue weighted by atomic mass is 10.2. The van der Waals surface area contributed by atoms with Gasteiger partial charge in [0.25, 0.3) is 0 Å². The first-order chi connectivity index (χ1) is 12.7. The molecule has 2 rings (SSSR count). The lowest BCUT2D eigenvalue weighted by Gasteiger charge is -2.16. The Bertz CT molecular complexity index is 778. The molecule has 0 saturated carbocycles. The number of anilines is 1. The summed E-state index contributed by atoms with van der Waals surface area (Å²) in [5.41, 5.74) is 0.343. The predicted molar refractivity (Wildman–Crippen MR) is 91.7 cm³/mol. The summed E-state index contributed by atoms with van der Waals surface area (Å²) in [6, 6.07) is 4.18. The molecule has 0 atom stereocenters. The van der Waals surface area contributed by atoms with Gasteiger partial charge in [-0.25, -0.2) is 14.1 Å². The van der Waals surface area contributed by atoms with Gasteiger partial charge in [0.1, 0.15) is 12.4 Å². The molecule has 0 bridgehead atoms. The minimum atomic E-state index is -1.08. The van der Waals surface area contributed by atoms with Gasteiger partial charge in [-0.1, -0.05) is 13.8 Å². The molecular formula is C17H19FN4O5. The summed E-state index contributed by atoms with van der Waals surface area (Å²) in [5, 5.41) is 4.69. The second-order valence-electron chi connectivity index (χ2n) is 6.32.